The van der Waals surface area contributed by atoms with Crippen LogP contribution in [0.3, 0.4) is 0 Å². The number of rotatable bonds is 5. The molecule has 2 aromatic heterocycles. The van der Waals surface area contributed by atoms with E-state index in [1.807, 2.05) is 12.3 Å². The monoisotopic (exact) mass is 633 g/mol. The molecule has 9 nitrogen and oxygen atoms in total. The van der Waals surface area contributed by atoms with Crippen LogP contribution in [0, 0.1) is 16.7 Å². The molecule has 37 heavy (non-hydrogen) atoms. The maximum absolute atomic E-state index is 14.3. The molecule has 4 N–H and O–H groups in total. The number of alkyl halides is 3. The zero-order chi connectivity index (χ0) is 28.0. The van der Waals surface area contributed by atoms with Gasteiger partial charge in [-0.2, -0.15) is 18.4 Å². The lowest BCUT2D eigenvalue weighted by Crippen LogP contribution is -2.21. The molecule has 2 heterocycles. The Morgan fingerprint density at radius 2 is 1.95 bits per heavy atom. The first kappa shape index (κ1) is 30.0. The number of thiophene rings is 1. The van der Waals surface area contributed by atoms with Crippen LogP contribution in [0.2, 0.25) is 0 Å². The Morgan fingerprint density at radius 3 is 2.41 bits per heavy atom. The third-order valence-electron chi connectivity index (χ3n) is 4.11. The summed E-state index contributed by atoms with van der Waals surface area (Å²) in [7, 11) is -3.40. The number of nitrogens with two attached hydrogens (primary N) is 1. The van der Waals surface area contributed by atoms with Crippen molar-refractivity contribution >= 4 is 66.5 Å². The molecule has 1 atom stereocenters. The van der Waals surface area contributed by atoms with Gasteiger partial charge in [-0.25, -0.2) is 14.0 Å². The highest BCUT2D eigenvalue weighted by Gasteiger charge is 2.38. The average molecular weight is 634 g/mol. The van der Waals surface area contributed by atoms with Crippen LogP contribution in [0.25, 0.3) is 0 Å². The quantitative estimate of drug-likeness (QED) is 0.197. The number of amidine groups is 1. The molecule has 3 rings (SSSR count). The number of nitrogens with zero attached hydrogens (tertiary/aromatic N) is 3. The third-order valence-corrected chi connectivity index (χ3v) is 9.40. The van der Waals surface area contributed by atoms with E-state index in [1.165, 1.54) is 41.4 Å². The fourth-order valence-electron chi connectivity index (χ4n) is 2.45. The van der Waals surface area contributed by atoms with Crippen molar-refractivity contribution in [1.82, 2.24) is 4.98 Å². The molecule has 1 amide bonds. The molecule has 0 spiro atoms. The summed E-state index contributed by atoms with van der Waals surface area (Å²) in [6, 6.07) is 13.0. The van der Waals surface area contributed by atoms with Gasteiger partial charge in [0.1, 0.15) is 27.3 Å². The van der Waals surface area contributed by atoms with Crippen LogP contribution in [0.4, 0.5) is 13.2 Å². The number of nitrogens with one attached hydrogen (secondary N) is 1. The number of carboxylic acid groups (broad SMARTS) is 1. The normalized spacial score (nSPS) is 12.3. The lowest BCUT2D eigenvalue weighted by atomic mass is 10.2. The highest BCUT2D eigenvalue weighted by molar-refractivity contribution is 9.10. The van der Waals surface area contributed by atoms with Crippen molar-refractivity contribution in [3.63, 3.8) is 0 Å². The Morgan fingerprint density at radius 1 is 1.30 bits per heavy atom. The molecule has 0 aliphatic heterocycles. The first-order valence-electron chi connectivity index (χ1n) is 9.48. The molecule has 0 bridgehead atoms. The highest BCUT2D eigenvalue weighted by Crippen LogP contribution is 2.38. The van der Waals surface area contributed by atoms with Gasteiger partial charge in [-0.1, -0.05) is 22.0 Å². The second-order valence-corrected chi connectivity index (χ2v) is 11.8. The van der Waals surface area contributed by atoms with Gasteiger partial charge < -0.3 is 10.8 Å². The summed E-state index contributed by atoms with van der Waals surface area (Å²) in [5.41, 5.74) is 5.90. The van der Waals surface area contributed by atoms with Crippen LogP contribution >= 0.6 is 39.0 Å². The molecule has 1 unspecified atom stereocenters. The van der Waals surface area contributed by atoms with Crippen LogP contribution < -0.4 is 5.73 Å². The predicted octanol–water partition coefficient (Wildman–Crippen LogP) is 5.14. The van der Waals surface area contributed by atoms with Crippen LogP contribution in [0.15, 0.2) is 71.5 Å². The number of benzene rings is 1. The number of hydrogen-bond acceptors (Lipinski definition) is 8. The number of halogens is 4. The van der Waals surface area contributed by atoms with Crippen molar-refractivity contribution in [3.05, 3.63) is 69.3 Å². The van der Waals surface area contributed by atoms with E-state index in [4.69, 9.17) is 26.3 Å². The second kappa shape index (κ2) is 12.3. The first-order valence-corrected chi connectivity index (χ1v) is 13.8. The molecule has 194 valence electrons. The van der Waals surface area contributed by atoms with Gasteiger partial charge >= 0.3 is 12.1 Å². The zero-order valence-electron chi connectivity index (χ0n) is 18.4. The fourth-order valence-corrected chi connectivity index (χ4v) is 7.49. The van der Waals surface area contributed by atoms with Crippen molar-refractivity contribution in [3.8, 4) is 6.07 Å². The van der Waals surface area contributed by atoms with Crippen molar-refractivity contribution in [2.75, 3.05) is 6.26 Å². The van der Waals surface area contributed by atoms with Gasteiger partial charge in [-0.3, -0.25) is 10.2 Å². The van der Waals surface area contributed by atoms with Crippen LogP contribution in [-0.2, 0) is 14.5 Å². The summed E-state index contributed by atoms with van der Waals surface area (Å²) < 4.78 is 51.5. The molecule has 0 saturated carbocycles. The molecule has 0 aliphatic rings. The lowest BCUT2D eigenvalue weighted by Gasteiger charge is -2.11. The molecule has 0 radical (unpaired) electrons. The van der Waals surface area contributed by atoms with Crippen molar-refractivity contribution in [1.29, 1.82) is 10.7 Å². The van der Waals surface area contributed by atoms with E-state index < -0.39 is 27.8 Å². The average Bonchev–Trinajstić information content (AvgIpc) is 3.29. The Kier molecular flexibility index (Phi) is 9.98. The van der Waals surface area contributed by atoms with E-state index in [2.05, 4.69) is 25.3 Å². The molecule has 1 aromatic carbocycles. The lowest BCUT2D eigenvalue weighted by molar-refractivity contribution is -0.192. The van der Waals surface area contributed by atoms with Gasteiger partial charge in [0.2, 0.25) is 0 Å². The largest absolute Gasteiger partial charge is 0.490 e. The Hall–Kier alpha value is -3.26. The van der Waals surface area contributed by atoms with Crippen LogP contribution in [0.1, 0.15) is 20.9 Å². The molecular weight excluding hydrogens is 619 g/mol. The van der Waals surface area contributed by atoms with Crippen molar-refractivity contribution < 1.29 is 32.1 Å². The van der Waals surface area contributed by atoms with Gasteiger partial charge in [0.15, 0.2) is 0 Å². The number of carbonyl (C=O) groups excluding carboxylic acids is 1. The minimum atomic E-state index is -5.08. The van der Waals surface area contributed by atoms with Crippen molar-refractivity contribution in [2.45, 2.75) is 20.2 Å². The topological polar surface area (TPSA) is 170 Å². The van der Waals surface area contributed by atoms with Gasteiger partial charge in [-0.15, -0.1) is 27.5 Å². The van der Waals surface area contributed by atoms with E-state index in [-0.39, 0.29) is 17.1 Å². The summed E-state index contributed by atoms with van der Waals surface area (Å²) >= 11 is 5.94. The van der Waals surface area contributed by atoms with Gasteiger partial charge in [-0.05, 0) is 42.7 Å². The highest BCUT2D eigenvalue weighted by atomic mass is 79.9. The predicted molar refractivity (Wildman–Crippen MR) is 135 cm³/mol. The minimum Gasteiger partial charge on any atom is -0.475 e. The molecule has 16 heteroatoms. The smallest absolute Gasteiger partial charge is 0.475 e. The summed E-state index contributed by atoms with van der Waals surface area (Å²) in [4.78, 5) is 26.8. The molecule has 0 aliphatic carbocycles. The van der Waals surface area contributed by atoms with E-state index in [0.29, 0.717) is 23.4 Å². The van der Waals surface area contributed by atoms with E-state index >= 15 is 0 Å². The van der Waals surface area contributed by atoms with Crippen LogP contribution in [0.5, 0.6) is 0 Å². The number of carboxylic acids is 1. The van der Waals surface area contributed by atoms with Gasteiger partial charge in [0.05, 0.1) is 24.4 Å². The Bertz CT molecular complexity index is 1510. The number of nitriles is 1. The maximum Gasteiger partial charge on any atom is 0.490 e. The number of nitrogen functional groups attached to an aromatic ring is 1. The Labute approximate surface area is 225 Å². The second-order valence-electron chi connectivity index (χ2n) is 6.61. The molecule has 3 aromatic rings. The van der Waals surface area contributed by atoms with E-state index in [0.717, 1.165) is 0 Å². The maximum atomic E-state index is 14.3. The number of thioether (sulfide) groups is 1. The Balaban J connectivity index is 0.000000604. The number of pyridine rings is 1. The van der Waals surface area contributed by atoms with E-state index in [9.17, 15) is 22.2 Å². The number of amides is 1. The standard InChI is InChI=1S/C19H14BrN5O2S3.C2HF3O2/c1-28-19-16(8-15(29-19)17(22)23)30(27,14-4-2-3-12(20)7-14)25-18(26)11-5-6-13(9-21)24-10-11;3-2(4,5)1(6)7/h2-8,10H,1H3,(H3,22,23);(H,6,7). The summed E-state index contributed by atoms with van der Waals surface area (Å²) in [5, 5.41) is 23.7. The SMILES string of the molecule is CSc1sc(C(=N)N)cc1S(=O)(=NC(=O)c1ccc(C#N)nc1)c1cccc(Br)c1.O=C(O)C(F)(F)F. The van der Waals surface area contributed by atoms with Gasteiger partial charge in [0, 0.05) is 10.7 Å². The number of hydrogen-bond donors (Lipinski definition) is 3. The van der Waals surface area contributed by atoms with Crippen LogP contribution in [-0.4, -0.2) is 44.4 Å². The summed E-state index contributed by atoms with van der Waals surface area (Å²) in [6.45, 7) is 0. The molecule has 0 fully saturated rings. The van der Waals surface area contributed by atoms with E-state index in [1.54, 1.807) is 30.3 Å². The number of carbonyl (C=O) groups is 2. The van der Waals surface area contributed by atoms with Crippen molar-refractivity contribution in [2.24, 2.45) is 10.1 Å². The molecule has 0 saturated heterocycles. The zero-order valence-corrected chi connectivity index (χ0v) is 22.5. The summed E-state index contributed by atoms with van der Waals surface area (Å²) in [5.74, 6) is -3.63. The fraction of sp³-hybridized carbons (Fsp3) is 0.0952. The molecular formula is C21H15BrF3N5O4S3. The summed E-state index contributed by atoms with van der Waals surface area (Å²) in [6.07, 6.45) is -2.04. The first-order chi connectivity index (χ1) is 17.2. The van der Waals surface area contributed by atoms with Gasteiger partial charge in [0.25, 0.3) is 5.91 Å². The number of aliphatic carboxylic acids is 1. The minimum absolute atomic E-state index is 0.115. The number of aromatic nitrogens is 1. The third kappa shape index (κ3) is 7.61.